The number of benzene rings is 1. The van der Waals surface area contributed by atoms with Crippen LogP contribution in [0.3, 0.4) is 0 Å². The van der Waals surface area contributed by atoms with Gasteiger partial charge in [0.2, 0.25) is 5.13 Å². The van der Waals surface area contributed by atoms with Gasteiger partial charge in [-0.05, 0) is 35.1 Å². The van der Waals surface area contributed by atoms with Crippen molar-refractivity contribution in [2.24, 2.45) is 0 Å². The van der Waals surface area contributed by atoms with Gasteiger partial charge in [-0.1, -0.05) is 28.8 Å². The van der Waals surface area contributed by atoms with Crippen LogP contribution in [0.15, 0.2) is 36.5 Å². The number of pyridine rings is 1. The van der Waals surface area contributed by atoms with Gasteiger partial charge in [0.25, 0.3) is 11.1 Å². The number of rotatable bonds is 6. The molecule has 0 atom stereocenters. The first-order chi connectivity index (χ1) is 15.1. The molecule has 9 nitrogen and oxygen atoms in total. The molecule has 3 aromatic rings. The Hall–Kier alpha value is -3.26. The molecular formula is C20H17ClN6O3S. The van der Waals surface area contributed by atoms with E-state index in [1.54, 1.807) is 18.2 Å². The number of ether oxygens (including phenoxy) is 2. The van der Waals surface area contributed by atoms with Gasteiger partial charge in [0.05, 0.1) is 24.5 Å². The van der Waals surface area contributed by atoms with E-state index in [1.807, 2.05) is 23.1 Å². The number of nitrogens with one attached hydrogen (secondary N) is 1. The number of morpholine rings is 1. The van der Waals surface area contributed by atoms with Gasteiger partial charge in [0.1, 0.15) is 18.4 Å². The highest BCUT2D eigenvalue weighted by Crippen LogP contribution is 2.26. The largest absolute Gasteiger partial charge is 0.464 e. The molecule has 11 heteroatoms. The predicted molar refractivity (Wildman–Crippen MR) is 116 cm³/mol. The maximum Gasteiger partial charge on any atom is 0.296 e. The Morgan fingerprint density at radius 3 is 2.81 bits per heavy atom. The number of amides is 1. The molecule has 31 heavy (non-hydrogen) atoms. The molecule has 4 rings (SSSR count). The lowest BCUT2D eigenvalue weighted by atomic mass is 10.1. The minimum Gasteiger partial charge on any atom is -0.464 e. The van der Waals surface area contributed by atoms with Crippen LogP contribution in [0.5, 0.6) is 5.19 Å². The van der Waals surface area contributed by atoms with Crippen LogP contribution < -0.4 is 15.0 Å². The van der Waals surface area contributed by atoms with Crippen LogP contribution in [-0.2, 0) is 11.3 Å². The van der Waals surface area contributed by atoms with Crippen LogP contribution >= 0.6 is 22.9 Å². The molecule has 1 saturated heterocycles. The summed E-state index contributed by atoms with van der Waals surface area (Å²) in [5, 5.41) is 21.1. The summed E-state index contributed by atoms with van der Waals surface area (Å²) in [4.78, 5) is 18.9. The quantitative estimate of drug-likeness (QED) is 0.601. The van der Waals surface area contributed by atoms with Gasteiger partial charge in [-0.15, -0.1) is 5.10 Å². The van der Waals surface area contributed by atoms with Crippen molar-refractivity contribution in [3.8, 4) is 11.3 Å². The second-order valence-corrected chi connectivity index (χ2v) is 7.92. The Balaban J connectivity index is 1.45. The van der Waals surface area contributed by atoms with E-state index in [2.05, 4.69) is 20.5 Å². The van der Waals surface area contributed by atoms with Gasteiger partial charge in [0, 0.05) is 24.3 Å². The molecule has 3 heterocycles. The molecule has 1 aliphatic rings. The number of aromatic nitrogens is 3. The van der Waals surface area contributed by atoms with Crippen LogP contribution in [0.2, 0.25) is 5.02 Å². The fourth-order valence-corrected chi connectivity index (χ4v) is 3.67. The van der Waals surface area contributed by atoms with Crippen molar-refractivity contribution in [3.05, 3.63) is 58.4 Å². The van der Waals surface area contributed by atoms with Crippen LogP contribution in [0.4, 0.5) is 10.8 Å². The molecular weight excluding hydrogens is 440 g/mol. The van der Waals surface area contributed by atoms with E-state index in [0.29, 0.717) is 59.5 Å². The van der Waals surface area contributed by atoms with Gasteiger partial charge in [0.15, 0.2) is 0 Å². The number of hydrogen-bond acceptors (Lipinski definition) is 9. The summed E-state index contributed by atoms with van der Waals surface area (Å²) in [6.45, 7) is 2.65. The minimum atomic E-state index is -0.390. The van der Waals surface area contributed by atoms with E-state index in [0.717, 1.165) is 16.9 Å². The lowest BCUT2D eigenvalue weighted by Crippen LogP contribution is -2.37. The molecule has 0 unspecified atom stereocenters. The molecule has 0 spiro atoms. The molecule has 1 aromatic carbocycles. The number of hydrogen-bond donors (Lipinski definition) is 1. The highest BCUT2D eigenvalue weighted by molar-refractivity contribution is 7.17. The summed E-state index contributed by atoms with van der Waals surface area (Å²) in [7, 11) is 0. The first-order valence-corrected chi connectivity index (χ1v) is 10.6. The normalized spacial score (nSPS) is 13.5. The fourth-order valence-electron chi connectivity index (χ4n) is 2.96. The molecule has 1 amide bonds. The summed E-state index contributed by atoms with van der Waals surface area (Å²) in [5.41, 5.74) is 2.16. The highest BCUT2D eigenvalue weighted by atomic mass is 35.5. The fraction of sp³-hybridized carbons (Fsp3) is 0.250. The van der Waals surface area contributed by atoms with Crippen molar-refractivity contribution < 1.29 is 14.3 Å². The van der Waals surface area contributed by atoms with Gasteiger partial charge in [-0.2, -0.15) is 5.26 Å². The summed E-state index contributed by atoms with van der Waals surface area (Å²) < 4.78 is 11.0. The number of carbonyl (C=O) groups excluding carboxylic acids is 1. The third-order valence-electron chi connectivity index (χ3n) is 4.50. The summed E-state index contributed by atoms with van der Waals surface area (Å²) in [6.07, 6.45) is 1.40. The Morgan fingerprint density at radius 1 is 1.29 bits per heavy atom. The minimum absolute atomic E-state index is 0.242. The van der Waals surface area contributed by atoms with Gasteiger partial charge < -0.3 is 14.4 Å². The maximum absolute atomic E-state index is 12.9. The number of carbonyl (C=O) groups is 1. The van der Waals surface area contributed by atoms with Crippen molar-refractivity contribution in [2.75, 3.05) is 36.5 Å². The summed E-state index contributed by atoms with van der Waals surface area (Å²) in [6, 6.07) is 10.9. The molecule has 2 aromatic heterocycles. The molecule has 1 fully saturated rings. The lowest BCUT2D eigenvalue weighted by molar-refractivity contribution is 0.102. The lowest BCUT2D eigenvalue weighted by Gasteiger charge is -2.30. The average Bonchev–Trinajstić information content (AvgIpc) is 3.26. The van der Waals surface area contributed by atoms with E-state index in [-0.39, 0.29) is 11.6 Å². The molecule has 0 aliphatic carbocycles. The topological polar surface area (TPSA) is 113 Å². The Labute approximate surface area is 187 Å². The first-order valence-electron chi connectivity index (χ1n) is 9.37. The maximum atomic E-state index is 12.9. The molecule has 1 N–H and O–H groups in total. The third-order valence-corrected chi connectivity index (χ3v) is 5.50. The predicted octanol–water partition coefficient (Wildman–Crippen LogP) is 3.13. The average molecular weight is 457 g/mol. The Morgan fingerprint density at radius 2 is 2.06 bits per heavy atom. The van der Waals surface area contributed by atoms with Gasteiger partial charge in [-0.3, -0.25) is 10.1 Å². The summed E-state index contributed by atoms with van der Waals surface area (Å²) in [5.74, 6) is -0.390. The zero-order valence-electron chi connectivity index (χ0n) is 16.2. The number of nitrogens with zero attached hydrogens (tertiary/aromatic N) is 5. The van der Waals surface area contributed by atoms with Crippen LogP contribution in [0, 0.1) is 11.3 Å². The van der Waals surface area contributed by atoms with Crippen molar-refractivity contribution in [1.29, 1.82) is 5.26 Å². The smallest absolute Gasteiger partial charge is 0.296 e. The third kappa shape index (κ3) is 5.27. The number of halogens is 1. The molecule has 0 bridgehead atoms. The van der Waals surface area contributed by atoms with E-state index in [9.17, 15) is 10.1 Å². The van der Waals surface area contributed by atoms with Crippen LogP contribution in [0.1, 0.15) is 21.6 Å². The Kier molecular flexibility index (Phi) is 6.57. The monoisotopic (exact) mass is 456 g/mol. The molecule has 158 valence electrons. The van der Waals surface area contributed by atoms with Crippen molar-refractivity contribution in [1.82, 2.24) is 15.2 Å². The standard InChI is InChI=1S/C20H17ClN6O3S/c21-14-3-1-13(2-4-14)12-30-20-26-25-19(31-20)24-18(28)16-11-23-15(10-22)9-17(16)27-5-7-29-8-6-27/h1-4,9,11H,5-8,12H2,(H,24,25,28). The zero-order valence-corrected chi connectivity index (χ0v) is 17.8. The van der Waals surface area contributed by atoms with Crippen LogP contribution in [0.25, 0.3) is 0 Å². The van der Waals surface area contributed by atoms with Crippen molar-refractivity contribution in [2.45, 2.75) is 6.61 Å². The molecule has 0 radical (unpaired) electrons. The highest BCUT2D eigenvalue weighted by Gasteiger charge is 2.21. The first kappa shape index (κ1) is 21.0. The van der Waals surface area contributed by atoms with E-state index < -0.39 is 0 Å². The molecule has 0 saturated carbocycles. The van der Waals surface area contributed by atoms with Gasteiger partial charge >= 0.3 is 0 Å². The zero-order chi connectivity index (χ0) is 21.6. The number of anilines is 2. The molecule has 1 aliphatic heterocycles. The SMILES string of the molecule is N#Cc1cc(N2CCOCC2)c(C(=O)Nc2nnc(OCc3ccc(Cl)cc3)s2)cn1. The van der Waals surface area contributed by atoms with Crippen molar-refractivity contribution >= 4 is 39.7 Å². The van der Waals surface area contributed by atoms with Crippen LogP contribution in [-0.4, -0.2) is 47.4 Å². The van der Waals surface area contributed by atoms with E-state index in [4.69, 9.17) is 21.1 Å². The van der Waals surface area contributed by atoms with E-state index >= 15 is 0 Å². The second-order valence-electron chi connectivity index (χ2n) is 6.54. The van der Waals surface area contributed by atoms with Gasteiger partial charge in [-0.25, -0.2) is 4.98 Å². The van der Waals surface area contributed by atoms with Crippen molar-refractivity contribution in [3.63, 3.8) is 0 Å². The summed E-state index contributed by atoms with van der Waals surface area (Å²) >= 11 is 7.00. The Bertz CT molecular complexity index is 1110. The second kappa shape index (κ2) is 9.70. The number of nitriles is 1. The van der Waals surface area contributed by atoms with E-state index in [1.165, 1.54) is 6.20 Å².